The Balaban J connectivity index is 1.94. The largest absolute Gasteiger partial charge is 0.325 e. The Morgan fingerprint density at radius 3 is 3.00 bits per heavy atom. The van der Waals surface area contributed by atoms with Gasteiger partial charge in [0.15, 0.2) is 5.65 Å². The topological polar surface area (TPSA) is 57.7 Å². The summed E-state index contributed by atoms with van der Waals surface area (Å²) in [6.45, 7) is 0.921. The van der Waals surface area contributed by atoms with E-state index in [2.05, 4.69) is 49.3 Å². The third-order valence-corrected chi connectivity index (χ3v) is 4.05. The summed E-state index contributed by atoms with van der Waals surface area (Å²) in [6, 6.07) is 8.47. The third-order valence-electron chi connectivity index (χ3n) is 3.88. The second-order valence-corrected chi connectivity index (χ2v) is 5.52. The fraction of sp³-hybridized carbons (Fsp3) is 0.267. The van der Waals surface area contributed by atoms with E-state index >= 15 is 0 Å². The molecule has 1 N–H and O–H groups in total. The van der Waals surface area contributed by atoms with Crippen LogP contribution in [0, 0.1) is 0 Å². The maximum atomic E-state index is 6.07. The highest BCUT2D eigenvalue weighted by Gasteiger charge is 2.21. The van der Waals surface area contributed by atoms with E-state index in [1.54, 1.807) is 6.20 Å². The number of rotatable bonds is 1. The van der Waals surface area contributed by atoms with Crippen molar-refractivity contribution < 1.29 is 0 Å². The van der Waals surface area contributed by atoms with Gasteiger partial charge in [-0.25, -0.2) is 0 Å². The first-order valence-electron chi connectivity index (χ1n) is 7.05. The highest BCUT2D eigenvalue weighted by molar-refractivity contribution is 6.28. The third kappa shape index (κ3) is 2.14. The van der Waals surface area contributed by atoms with E-state index < -0.39 is 0 Å². The highest BCUT2D eigenvalue weighted by atomic mass is 35.5. The van der Waals surface area contributed by atoms with E-state index in [1.807, 2.05) is 0 Å². The van der Waals surface area contributed by atoms with Gasteiger partial charge in [-0.05, 0) is 42.5 Å². The average molecular weight is 300 g/mol. The fourth-order valence-electron chi connectivity index (χ4n) is 2.91. The Kier molecular flexibility index (Phi) is 3.00. The summed E-state index contributed by atoms with van der Waals surface area (Å²) < 4.78 is 0. The number of para-hydroxylation sites is 1. The van der Waals surface area contributed by atoms with Crippen molar-refractivity contribution in [2.75, 3.05) is 11.4 Å². The Morgan fingerprint density at radius 2 is 2.05 bits per heavy atom. The molecule has 0 atom stereocenters. The molecule has 0 radical (unpaired) electrons. The first kappa shape index (κ1) is 12.6. The van der Waals surface area contributed by atoms with Crippen LogP contribution in [0.1, 0.15) is 18.4 Å². The molecule has 3 heterocycles. The molecule has 1 aromatic carbocycles. The van der Waals surface area contributed by atoms with Gasteiger partial charge >= 0.3 is 0 Å². The molecular formula is C15H14ClN5. The van der Waals surface area contributed by atoms with Crippen LogP contribution >= 0.6 is 11.6 Å². The van der Waals surface area contributed by atoms with Gasteiger partial charge in [-0.2, -0.15) is 15.1 Å². The molecule has 1 aliphatic rings. The molecule has 0 unspecified atom stereocenters. The van der Waals surface area contributed by atoms with Crippen molar-refractivity contribution in [2.45, 2.75) is 19.3 Å². The number of aromatic amines is 1. The van der Waals surface area contributed by atoms with Crippen LogP contribution in [0.15, 0.2) is 30.5 Å². The standard InChI is InChI=1S/C15H14ClN5/c16-15-18-13-11(9-17-20-13)14(19-15)21-8-4-3-6-10-5-1-2-7-12(10)21/h1-2,5,7,9H,3-4,6,8H2,(H,17,18,19,20). The lowest BCUT2D eigenvalue weighted by atomic mass is 10.1. The number of fused-ring (bicyclic) bond motifs is 2. The number of hydrogen-bond acceptors (Lipinski definition) is 4. The maximum Gasteiger partial charge on any atom is 0.226 e. The van der Waals surface area contributed by atoms with Gasteiger partial charge < -0.3 is 4.90 Å². The molecule has 2 aromatic heterocycles. The quantitative estimate of drug-likeness (QED) is 0.699. The summed E-state index contributed by atoms with van der Waals surface area (Å²) in [5.41, 5.74) is 3.22. The lowest BCUT2D eigenvalue weighted by molar-refractivity contribution is 0.758. The van der Waals surface area contributed by atoms with Crippen LogP contribution in [0.5, 0.6) is 0 Å². The van der Waals surface area contributed by atoms with Crippen molar-refractivity contribution in [3.8, 4) is 0 Å². The molecular weight excluding hydrogens is 286 g/mol. The molecule has 0 saturated heterocycles. The van der Waals surface area contributed by atoms with Crippen molar-refractivity contribution in [1.82, 2.24) is 20.2 Å². The van der Waals surface area contributed by atoms with Crippen LogP contribution in [0.3, 0.4) is 0 Å². The number of hydrogen-bond donors (Lipinski definition) is 1. The SMILES string of the molecule is Clc1nc(N2CCCCc3ccccc32)c2cn[nH]c2n1. The zero-order valence-corrected chi connectivity index (χ0v) is 12.1. The normalized spacial score (nSPS) is 15.0. The summed E-state index contributed by atoms with van der Waals surface area (Å²) >= 11 is 6.07. The fourth-order valence-corrected chi connectivity index (χ4v) is 3.07. The van der Waals surface area contributed by atoms with Crippen LogP contribution in [0.2, 0.25) is 5.28 Å². The van der Waals surface area contributed by atoms with E-state index in [9.17, 15) is 0 Å². The number of aromatic nitrogens is 4. The number of nitrogens with one attached hydrogen (secondary N) is 1. The van der Waals surface area contributed by atoms with Gasteiger partial charge in [-0.1, -0.05) is 18.2 Å². The van der Waals surface area contributed by atoms with Crippen LogP contribution < -0.4 is 4.90 Å². The Morgan fingerprint density at radius 1 is 1.14 bits per heavy atom. The van der Waals surface area contributed by atoms with Crippen molar-refractivity contribution in [3.63, 3.8) is 0 Å². The van der Waals surface area contributed by atoms with Crippen LogP contribution in [0.4, 0.5) is 11.5 Å². The minimum Gasteiger partial charge on any atom is -0.325 e. The van der Waals surface area contributed by atoms with Crippen LogP contribution in [-0.4, -0.2) is 26.7 Å². The number of halogens is 1. The molecule has 0 spiro atoms. The minimum atomic E-state index is 0.239. The van der Waals surface area contributed by atoms with E-state index in [4.69, 9.17) is 11.6 Å². The molecule has 0 fully saturated rings. The van der Waals surface area contributed by atoms with E-state index in [0.717, 1.165) is 30.6 Å². The molecule has 6 heteroatoms. The molecule has 5 nitrogen and oxygen atoms in total. The smallest absolute Gasteiger partial charge is 0.226 e. The number of H-pyrrole nitrogens is 1. The molecule has 0 aliphatic carbocycles. The van der Waals surface area contributed by atoms with Crippen LogP contribution in [-0.2, 0) is 6.42 Å². The Hall–Kier alpha value is -2.14. The molecule has 0 bridgehead atoms. The highest BCUT2D eigenvalue weighted by Crippen LogP contribution is 2.35. The molecule has 4 rings (SSSR count). The van der Waals surface area contributed by atoms with Crippen molar-refractivity contribution in [3.05, 3.63) is 41.3 Å². The van der Waals surface area contributed by atoms with Gasteiger partial charge in [-0.3, -0.25) is 5.10 Å². The first-order chi connectivity index (χ1) is 10.3. The molecule has 1 aliphatic heterocycles. The summed E-state index contributed by atoms with van der Waals surface area (Å²) in [5.74, 6) is 0.827. The first-order valence-corrected chi connectivity index (χ1v) is 7.43. The summed E-state index contributed by atoms with van der Waals surface area (Å²) in [4.78, 5) is 10.9. The summed E-state index contributed by atoms with van der Waals surface area (Å²) in [6.07, 6.45) is 5.16. The van der Waals surface area contributed by atoms with Gasteiger partial charge in [0.05, 0.1) is 11.6 Å². The predicted octanol–water partition coefficient (Wildman–Crippen LogP) is 3.48. The number of nitrogens with zero attached hydrogens (tertiary/aromatic N) is 4. The second-order valence-electron chi connectivity index (χ2n) is 5.19. The average Bonchev–Trinajstić information content (AvgIpc) is 2.85. The lowest BCUT2D eigenvalue weighted by Gasteiger charge is -2.24. The van der Waals surface area contributed by atoms with Gasteiger partial charge in [0.25, 0.3) is 0 Å². The zero-order chi connectivity index (χ0) is 14.2. The van der Waals surface area contributed by atoms with Crippen molar-refractivity contribution in [2.24, 2.45) is 0 Å². The second kappa shape index (κ2) is 5.00. The number of aryl methyl sites for hydroxylation is 1. The van der Waals surface area contributed by atoms with Crippen molar-refractivity contribution in [1.29, 1.82) is 0 Å². The number of benzene rings is 1. The Labute approximate surface area is 127 Å². The molecule has 0 saturated carbocycles. The van der Waals surface area contributed by atoms with E-state index in [-0.39, 0.29) is 5.28 Å². The predicted molar refractivity (Wildman–Crippen MR) is 83.1 cm³/mol. The maximum absolute atomic E-state index is 6.07. The summed E-state index contributed by atoms with van der Waals surface area (Å²) in [5, 5.41) is 8.07. The molecule has 106 valence electrons. The van der Waals surface area contributed by atoms with Gasteiger partial charge in [-0.15, -0.1) is 0 Å². The lowest BCUT2D eigenvalue weighted by Crippen LogP contribution is -2.19. The van der Waals surface area contributed by atoms with E-state index in [0.29, 0.717) is 5.65 Å². The van der Waals surface area contributed by atoms with Gasteiger partial charge in [0, 0.05) is 12.2 Å². The summed E-state index contributed by atoms with van der Waals surface area (Å²) in [7, 11) is 0. The van der Waals surface area contributed by atoms with Gasteiger partial charge in [0.1, 0.15) is 5.82 Å². The van der Waals surface area contributed by atoms with Crippen molar-refractivity contribution >= 4 is 34.1 Å². The molecule has 0 amide bonds. The molecule has 3 aromatic rings. The van der Waals surface area contributed by atoms with E-state index in [1.165, 1.54) is 17.7 Å². The molecule has 21 heavy (non-hydrogen) atoms. The zero-order valence-electron chi connectivity index (χ0n) is 11.4. The van der Waals surface area contributed by atoms with Crippen LogP contribution in [0.25, 0.3) is 11.0 Å². The monoisotopic (exact) mass is 299 g/mol. The Bertz CT molecular complexity index is 798. The minimum absolute atomic E-state index is 0.239. The van der Waals surface area contributed by atoms with Gasteiger partial charge in [0.2, 0.25) is 5.28 Å². The number of anilines is 2.